The molecule has 1 fully saturated rings. The van der Waals surface area contributed by atoms with Crippen LogP contribution in [0.3, 0.4) is 0 Å². The molecule has 0 saturated carbocycles. The number of halogens is 2. The summed E-state index contributed by atoms with van der Waals surface area (Å²) in [5, 5.41) is 3.78. The van der Waals surface area contributed by atoms with Crippen LogP contribution in [0.4, 0.5) is 4.39 Å². The molecule has 4 heteroatoms. The van der Waals surface area contributed by atoms with Crippen molar-refractivity contribution >= 4 is 11.6 Å². The van der Waals surface area contributed by atoms with Crippen molar-refractivity contribution in [2.75, 3.05) is 19.6 Å². The predicted molar refractivity (Wildman–Crippen MR) is 78.0 cm³/mol. The third-order valence-corrected chi connectivity index (χ3v) is 4.03. The lowest BCUT2D eigenvalue weighted by molar-refractivity contribution is 0.241. The number of hydrogen-bond acceptors (Lipinski definition) is 2. The van der Waals surface area contributed by atoms with E-state index in [2.05, 4.69) is 17.1 Å². The Morgan fingerprint density at radius 2 is 2.32 bits per heavy atom. The smallest absolute Gasteiger partial charge is 0.142 e. The van der Waals surface area contributed by atoms with Gasteiger partial charge in [0.1, 0.15) is 5.82 Å². The van der Waals surface area contributed by atoms with E-state index >= 15 is 0 Å². The van der Waals surface area contributed by atoms with Crippen LogP contribution in [0.15, 0.2) is 18.2 Å². The fourth-order valence-corrected chi connectivity index (χ4v) is 2.87. The summed E-state index contributed by atoms with van der Waals surface area (Å²) in [5.74, 6) is -0.324. The average molecular weight is 285 g/mol. The van der Waals surface area contributed by atoms with Gasteiger partial charge in [-0.1, -0.05) is 30.7 Å². The number of rotatable bonds is 6. The topological polar surface area (TPSA) is 15.3 Å². The summed E-state index contributed by atoms with van der Waals surface area (Å²) in [6, 6.07) is 5.62. The summed E-state index contributed by atoms with van der Waals surface area (Å²) in [7, 11) is 0. The summed E-state index contributed by atoms with van der Waals surface area (Å²) in [6.45, 7) is 6.04. The molecule has 0 aromatic heterocycles. The van der Waals surface area contributed by atoms with Crippen LogP contribution in [0, 0.1) is 5.82 Å². The van der Waals surface area contributed by atoms with Crippen molar-refractivity contribution in [3.63, 3.8) is 0 Å². The highest BCUT2D eigenvalue weighted by Crippen LogP contribution is 2.21. The highest BCUT2D eigenvalue weighted by atomic mass is 35.5. The standard InChI is InChI=1S/C15H22ClFN2/c1-2-9-19(11-13-6-4-8-18-13)10-12-5-3-7-14(17)15(12)16/h3,5,7,13,18H,2,4,6,8-11H2,1H3. The van der Waals surface area contributed by atoms with Gasteiger partial charge in [0.15, 0.2) is 0 Å². The van der Waals surface area contributed by atoms with Crippen molar-refractivity contribution in [2.45, 2.75) is 38.8 Å². The van der Waals surface area contributed by atoms with Gasteiger partial charge < -0.3 is 5.32 Å². The van der Waals surface area contributed by atoms with Gasteiger partial charge in [0.05, 0.1) is 5.02 Å². The van der Waals surface area contributed by atoms with E-state index in [1.165, 1.54) is 18.9 Å². The van der Waals surface area contributed by atoms with E-state index in [4.69, 9.17) is 11.6 Å². The van der Waals surface area contributed by atoms with E-state index in [1.807, 2.05) is 6.07 Å². The molecule has 0 radical (unpaired) electrons. The largest absolute Gasteiger partial charge is 0.313 e. The van der Waals surface area contributed by atoms with Crippen molar-refractivity contribution in [3.05, 3.63) is 34.6 Å². The molecule has 1 atom stereocenters. The molecular weight excluding hydrogens is 263 g/mol. The van der Waals surface area contributed by atoms with Crippen molar-refractivity contribution < 1.29 is 4.39 Å². The maximum atomic E-state index is 13.5. The Bertz CT molecular complexity index is 405. The molecule has 1 N–H and O–H groups in total. The van der Waals surface area contributed by atoms with Crippen molar-refractivity contribution in [2.24, 2.45) is 0 Å². The number of nitrogens with zero attached hydrogens (tertiary/aromatic N) is 1. The van der Waals surface area contributed by atoms with Gasteiger partial charge in [-0.05, 0) is 44.0 Å². The molecule has 0 aliphatic carbocycles. The minimum atomic E-state index is -0.324. The van der Waals surface area contributed by atoms with Crippen LogP contribution in [0.5, 0.6) is 0 Å². The lowest BCUT2D eigenvalue weighted by Crippen LogP contribution is -2.37. The molecule has 19 heavy (non-hydrogen) atoms. The Balaban J connectivity index is 2.00. The zero-order valence-corrected chi connectivity index (χ0v) is 12.2. The van der Waals surface area contributed by atoms with Gasteiger partial charge in [-0.15, -0.1) is 0 Å². The summed E-state index contributed by atoms with van der Waals surface area (Å²) in [6.07, 6.45) is 3.59. The van der Waals surface area contributed by atoms with Crippen LogP contribution >= 0.6 is 11.6 Å². The lowest BCUT2D eigenvalue weighted by atomic mass is 10.1. The van der Waals surface area contributed by atoms with Gasteiger partial charge in [0, 0.05) is 19.1 Å². The van der Waals surface area contributed by atoms with E-state index in [0.29, 0.717) is 6.04 Å². The van der Waals surface area contributed by atoms with Crippen LogP contribution in [0.1, 0.15) is 31.7 Å². The molecule has 0 amide bonds. The van der Waals surface area contributed by atoms with Gasteiger partial charge in [-0.3, -0.25) is 4.90 Å². The maximum absolute atomic E-state index is 13.5. The van der Waals surface area contributed by atoms with Crippen LogP contribution in [0.2, 0.25) is 5.02 Å². The van der Waals surface area contributed by atoms with Crippen LogP contribution in [-0.4, -0.2) is 30.6 Å². The highest BCUT2D eigenvalue weighted by Gasteiger charge is 2.18. The molecule has 1 aromatic rings. The second-order valence-corrected chi connectivity index (χ2v) is 5.62. The summed E-state index contributed by atoms with van der Waals surface area (Å²) in [4.78, 5) is 2.36. The summed E-state index contributed by atoms with van der Waals surface area (Å²) < 4.78 is 13.5. The van der Waals surface area contributed by atoms with Gasteiger partial charge in [0.25, 0.3) is 0 Å². The number of nitrogens with one attached hydrogen (secondary N) is 1. The molecular formula is C15H22ClFN2. The van der Waals surface area contributed by atoms with Crippen molar-refractivity contribution in [3.8, 4) is 0 Å². The highest BCUT2D eigenvalue weighted by molar-refractivity contribution is 6.31. The fourth-order valence-electron chi connectivity index (χ4n) is 2.69. The van der Waals surface area contributed by atoms with Gasteiger partial charge >= 0.3 is 0 Å². The van der Waals surface area contributed by atoms with Gasteiger partial charge in [-0.2, -0.15) is 0 Å². The molecule has 1 aliphatic rings. The minimum Gasteiger partial charge on any atom is -0.313 e. The van der Waals surface area contributed by atoms with Gasteiger partial charge in [-0.25, -0.2) is 4.39 Å². The molecule has 0 spiro atoms. The molecule has 1 saturated heterocycles. The van der Waals surface area contributed by atoms with E-state index in [9.17, 15) is 4.39 Å². The van der Waals surface area contributed by atoms with E-state index in [0.717, 1.165) is 38.2 Å². The second-order valence-electron chi connectivity index (χ2n) is 5.24. The number of benzene rings is 1. The first-order valence-corrected chi connectivity index (χ1v) is 7.47. The second kappa shape index (κ2) is 7.22. The molecule has 0 bridgehead atoms. The van der Waals surface area contributed by atoms with E-state index in [1.54, 1.807) is 6.07 Å². The van der Waals surface area contributed by atoms with E-state index < -0.39 is 0 Å². The van der Waals surface area contributed by atoms with Crippen molar-refractivity contribution in [1.82, 2.24) is 10.2 Å². The van der Waals surface area contributed by atoms with Crippen LogP contribution < -0.4 is 5.32 Å². The Morgan fingerprint density at radius 1 is 1.47 bits per heavy atom. The Kier molecular flexibility index (Phi) is 5.61. The monoisotopic (exact) mass is 284 g/mol. The molecule has 2 rings (SSSR count). The minimum absolute atomic E-state index is 0.267. The van der Waals surface area contributed by atoms with Crippen LogP contribution in [-0.2, 0) is 6.54 Å². The first kappa shape index (κ1) is 14.8. The lowest BCUT2D eigenvalue weighted by Gasteiger charge is -2.25. The first-order valence-electron chi connectivity index (χ1n) is 7.09. The molecule has 1 heterocycles. The molecule has 2 nitrogen and oxygen atoms in total. The fraction of sp³-hybridized carbons (Fsp3) is 0.600. The number of hydrogen-bond donors (Lipinski definition) is 1. The van der Waals surface area contributed by atoms with Crippen molar-refractivity contribution in [1.29, 1.82) is 0 Å². The van der Waals surface area contributed by atoms with Gasteiger partial charge in [0.2, 0.25) is 0 Å². The average Bonchev–Trinajstić information content (AvgIpc) is 2.88. The van der Waals surface area contributed by atoms with E-state index in [-0.39, 0.29) is 10.8 Å². The third kappa shape index (κ3) is 4.16. The Hall–Kier alpha value is -0.640. The predicted octanol–water partition coefficient (Wildman–Crippen LogP) is 3.44. The summed E-state index contributed by atoms with van der Waals surface area (Å²) in [5.41, 5.74) is 0.883. The molecule has 106 valence electrons. The zero-order chi connectivity index (χ0) is 13.7. The molecule has 1 aromatic carbocycles. The first-order chi connectivity index (χ1) is 9.20. The van der Waals surface area contributed by atoms with Crippen LogP contribution in [0.25, 0.3) is 0 Å². The third-order valence-electron chi connectivity index (χ3n) is 3.61. The quantitative estimate of drug-likeness (QED) is 0.861. The maximum Gasteiger partial charge on any atom is 0.142 e. The normalized spacial score (nSPS) is 19.3. The molecule has 1 aliphatic heterocycles. The molecule has 1 unspecified atom stereocenters. The Morgan fingerprint density at radius 3 is 3.00 bits per heavy atom. The Labute approximate surface area is 119 Å². The summed E-state index contributed by atoms with van der Waals surface area (Å²) >= 11 is 6.04. The zero-order valence-electron chi connectivity index (χ0n) is 11.5. The SMILES string of the molecule is CCCN(Cc1cccc(F)c1Cl)CC1CCCN1.